The Balaban J connectivity index is 2.05. The van der Waals surface area contributed by atoms with Gasteiger partial charge in [-0.3, -0.25) is 4.79 Å². The Labute approximate surface area is 107 Å². The summed E-state index contributed by atoms with van der Waals surface area (Å²) >= 11 is 0. The normalized spacial score (nSPS) is 23.7. The summed E-state index contributed by atoms with van der Waals surface area (Å²) in [5.74, 6) is 0.441. The highest BCUT2D eigenvalue weighted by Gasteiger charge is 2.20. The molecule has 0 aliphatic heterocycles. The van der Waals surface area contributed by atoms with Gasteiger partial charge in [0.15, 0.2) is 5.78 Å². The molecule has 1 saturated carbocycles. The van der Waals surface area contributed by atoms with Gasteiger partial charge in [-0.05, 0) is 44.2 Å². The first-order valence-electron chi connectivity index (χ1n) is 6.53. The smallest absolute Gasteiger partial charge is 0.162 e. The topological polar surface area (TPSA) is 26.3 Å². The first-order chi connectivity index (χ1) is 8.56. The number of halogens is 1. The van der Waals surface area contributed by atoms with Gasteiger partial charge >= 0.3 is 0 Å². The zero-order chi connectivity index (χ0) is 13.1. The Kier molecular flexibility index (Phi) is 4.00. The van der Waals surface area contributed by atoms with Gasteiger partial charge in [-0.1, -0.05) is 13.3 Å². The zero-order valence-corrected chi connectivity index (χ0v) is 10.9. The fourth-order valence-corrected chi connectivity index (χ4v) is 2.53. The summed E-state index contributed by atoms with van der Waals surface area (Å²) in [7, 11) is 0. The third-order valence-electron chi connectivity index (χ3n) is 3.51. The van der Waals surface area contributed by atoms with Crippen LogP contribution in [0, 0.1) is 11.7 Å². The predicted octanol–water partition coefficient (Wildman–Crippen LogP) is 3.99. The number of benzene rings is 1. The van der Waals surface area contributed by atoms with Gasteiger partial charge in [-0.2, -0.15) is 0 Å². The van der Waals surface area contributed by atoms with E-state index in [1.807, 2.05) is 0 Å². The first kappa shape index (κ1) is 13.1. The molecular weight excluding hydrogens is 231 g/mol. The van der Waals surface area contributed by atoms with Crippen LogP contribution in [-0.2, 0) is 0 Å². The van der Waals surface area contributed by atoms with E-state index in [9.17, 15) is 9.18 Å². The molecule has 3 heteroatoms. The summed E-state index contributed by atoms with van der Waals surface area (Å²) in [4.78, 5) is 11.1. The van der Waals surface area contributed by atoms with Crippen LogP contribution in [0.1, 0.15) is 49.9 Å². The average molecular weight is 250 g/mol. The molecule has 0 N–H and O–H groups in total. The maximum absolute atomic E-state index is 13.6. The second-order valence-electron chi connectivity index (χ2n) is 5.21. The van der Waals surface area contributed by atoms with Crippen molar-refractivity contribution in [1.29, 1.82) is 0 Å². The number of hydrogen-bond donors (Lipinski definition) is 0. The Hall–Kier alpha value is -1.38. The van der Waals surface area contributed by atoms with E-state index in [1.54, 1.807) is 6.07 Å². The Morgan fingerprint density at radius 1 is 1.39 bits per heavy atom. The lowest BCUT2D eigenvalue weighted by atomic mass is 9.89. The van der Waals surface area contributed by atoms with E-state index in [2.05, 4.69) is 6.92 Å². The summed E-state index contributed by atoms with van der Waals surface area (Å²) in [5, 5.41) is 0. The van der Waals surface area contributed by atoms with Gasteiger partial charge in [-0.15, -0.1) is 0 Å². The van der Waals surface area contributed by atoms with E-state index < -0.39 is 5.82 Å². The second kappa shape index (κ2) is 5.51. The van der Waals surface area contributed by atoms with Crippen LogP contribution in [-0.4, -0.2) is 11.9 Å². The molecule has 2 nitrogen and oxygen atoms in total. The molecule has 1 aromatic rings. The van der Waals surface area contributed by atoms with E-state index in [4.69, 9.17) is 4.74 Å². The van der Waals surface area contributed by atoms with Gasteiger partial charge in [0.05, 0.1) is 11.7 Å². The van der Waals surface area contributed by atoms with Gasteiger partial charge in [0.1, 0.15) is 11.6 Å². The standard InChI is InChI=1S/C15H19FO2/c1-10-4-3-5-12(8-10)18-13-6-7-14(11(2)17)15(16)9-13/h6-7,9-10,12H,3-5,8H2,1-2H3. The van der Waals surface area contributed by atoms with Crippen LogP contribution in [0.2, 0.25) is 0 Å². The number of ketones is 1. The minimum atomic E-state index is -0.496. The third-order valence-corrected chi connectivity index (χ3v) is 3.51. The molecule has 0 aromatic heterocycles. The maximum Gasteiger partial charge on any atom is 0.162 e. The number of ether oxygens (including phenoxy) is 1. The van der Waals surface area contributed by atoms with Crippen LogP contribution >= 0.6 is 0 Å². The average Bonchev–Trinajstić information content (AvgIpc) is 2.28. The van der Waals surface area contributed by atoms with E-state index in [-0.39, 0.29) is 17.5 Å². The Morgan fingerprint density at radius 2 is 2.17 bits per heavy atom. The monoisotopic (exact) mass is 250 g/mol. The molecular formula is C15H19FO2. The first-order valence-corrected chi connectivity index (χ1v) is 6.53. The fourth-order valence-electron chi connectivity index (χ4n) is 2.53. The van der Waals surface area contributed by atoms with Crippen molar-refractivity contribution in [1.82, 2.24) is 0 Å². The van der Waals surface area contributed by atoms with E-state index >= 15 is 0 Å². The van der Waals surface area contributed by atoms with Crippen molar-refractivity contribution in [3.05, 3.63) is 29.6 Å². The highest BCUT2D eigenvalue weighted by molar-refractivity contribution is 5.94. The van der Waals surface area contributed by atoms with Crippen molar-refractivity contribution in [2.24, 2.45) is 5.92 Å². The summed E-state index contributed by atoms with van der Waals surface area (Å²) in [6.07, 6.45) is 4.64. The van der Waals surface area contributed by atoms with Gasteiger partial charge in [0, 0.05) is 6.07 Å². The predicted molar refractivity (Wildman–Crippen MR) is 68.5 cm³/mol. The highest BCUT2D eigenvalue weighted by Crippen LogP contribution is 2.28. The summed E-state index contributed by atoms with van der Waals surface area (Å²) in [6, 6.07) is 4.49. The van der Waals surface area contributed by atoms with Gasteiger partial charge in [0.25, 0.3) is 0 Å². The Morgan fingerprint density at radius 3 is 2.78 bits per heavy atom. The van der Waals surface area contributed by atoms with Crippen molar-refractivity contribution in [3.8, 4) is 5.75 Å². The minimum absolute atomic E-state index is 0.124. The number of hydrogen-bond acceptors (Lipinski definition) is 2. The third kappa shape index (κ3) is 3.09. The van der Waals surface area contributed by atoms with Crippen LogP contribution in [0.4, 0.5) is 4.39 Å². The van der Waals surface area contributed by atoms with Crippen LogP contribution in [0.3, 0.4) is 0 Å². The number of carbonyl (C=O) groups excluding carboxylic acids is 1. The van der Waals surface area contributed by atoms with Gasteiger partial charge in [0.2, 0.25) is 0 Å². The SMILES string of the molecule is CC(=O)c1ccc(OC2CCCC(C)C2)cc1F. The van der Waals surface area contributed by atoms with Crippen LogP contribution in [0.15, 0.2) is 18.2 Å². The lowest BCUT2D eigenvalue weighted by Gasteiger charge is -2.27. The summed E-state index contributed by atoms with van der Waals surface area (Å²) in [5.41, 5.74) is 0.124. The molecule has 0 amide bonds. The molecule has 1 aliphatic carbocycles. The summed E-state index contributed by atoms with van der Waals surface area (Å²) in [6.45, 7) is 3.58. The van der Waals surface area contributed by atoms with Crippen LogP contribution in [0.5, 0.6) is 5.75 Å². The van der Waals surface area contributed by atoms with Gasteiger partial charge < -0.3 is 4.74 Å². The van der Waals surface area contributed by atoms with E-state index in [0.29, 0.717) is 11.7 Å². The van der Waals surface area contributed by atoms with Crippen molar-refractivity contribution >= 4 is 5.78 Å². The lowest BCUT2D eigenvalue weighted by Crippen LogP contribution is -2.24. The molecule has 1 aromatic carbocycles. The molecule has 0 bridgehead atoms. The second-order valence-corrected chi connectivity index (χ2v) is 5.21. The molecule has 1 aliphatic rings. The maximum atomic E-state index is 13.6. The number of rotatable bonds is 3. The molecule has 0 saturated heterocycles. The fraction of sp³-hybridized carbons (Fsp3) is 0.533. The molecule has 0 heterocycles. The number of carbonyl (C=O) groups is 1. The molecule has 98 valence electrons. The molecule has 0 radical (unpaired) electrons. The molecule has 2 rings (SSSR count). The van der Waals surface area contributed by atoms with Crippen molar-refractivity contribution in [3.63, 3.8) is 0 Å². The molecule has 18 heavy (non-hydrogen) atoms. The van der Waals surface area contributed by atoms with Crippen molar-refractivity contribution in [2.45, 2.75) is 45.6 Å². The molecule has 2 unspecified atom stereocenters. The zero-order valence-electron chi connectivity index (χ0n) is 10.9. The van der Waals surface area contributed by atoms with Crippen molar-refractivity contribution < 1.29 is 13.9 Å². The molecule has 1 fully saturated rings. The lowest BCUT2D eigenvalue weighted by molar-refractivity contribution is 0.101. The van der Waals surface area contributed by atoms with Crippen LogP contribution in [0.25, 0.3) is 0 Å². The molecule has 2 atom stereocenters. The highest BCUT2D eigenvalue weighted by atomic mass is 19.1. The quantitative estimate of drug-likeness (QED) is 0.758. The summed E-state index contributed by atoms with van der Waals surface area (Å²) < 4.78 is 19.4. The number of Topliss-reactive ketones (excluding diaryl/α,β-unsaturated/α-hetero) is 1. The Bertz CT molecular complexity index is 442. The van der Waals surface area contributed by atoms with E-state index in [1.165, 1.54) is 31.9 Å². The minimum Gasteiger partial charge on any atom is -0.490 e. The van der Waals surface area contributed by atoms with Gasteiger partial charge in [-0.25, -0.2) is 4.39 Å². The van der Waals surface area contributed by atoms with Crippen LogP contribution < -0.4 is 4.74 Å². The van der Waals surface area contributed by atoms with Crippen molar-refractivity contribution in [2.75, 3.05) is 0 Å². The molecule has 0 spiro atoms. The largest absolute Gasteiger partial charge is 0.490 e. The van der Waals surface area contributed by atoms with E-state index in [0.717, 1.165) is 12.8 Å².